The molecule has 0 aliphatic rings. The molecule has 1 aromatic heterocycles. The van der Waals surface area contributed by atoms with Gasteiger partial charge in [0.25, 0.3) is 20.2 Å². The van der Waals surface area contributed by atoms with Crippen LogP contribution in [0.5, 0.6) is 5.75 Å². The average molecular weight is 319 g/mol. The maximum Gasteiger partial charge on any atom is 0.298 e. The number of rotatable bonds is 2. The van der Waals surface area contributed by atoms with Crippen molar-refractivity contribution in [1.29, 1.82) is 0 Å². The van der Waals surface area contributed by atoms with Crippen molar-refractivity contribution in [3.05, 3.63) is 23.9 Å². The number of phenols is 1. The third-order valence-electron chi connectivity index (χ3n) is 2.58. The molecule has 0 saturated heterocycles. The second kappa shape index (κ2) is 4.38. The van der Waals surface area contributed by atoms with Crippen LogP contribution >= 0.6 is 0 Å². The molecular formula is C10H9NO7S2. The van der Waals surface area contributed by atoms with Gasteiger partial charge in [0.05, 0.1) is 0 Å². The van der Waals surface area contributed by atoms with Gasteiger partial charge in [-0.15, -0.1) is 0 Å². The highest BCUT2D eigenvalue weighted by Crippen LogP contribution is 2.35. The third kappa shape index (κ3) is 2.45. The molecule has 0 atom stereocenters. The van der Waals surface area contributed by atoms with Crippen molar-refractivity contribution in [3.8, 4) is 5.75 Å². The minimum absolute atomic E-state index is 0.164. The van der Waals surface area contributed by atoms with Gasteiger partial charge in [-0.25, -0.2) is 4.98 Å². The summed E-state index contributed by atoms with van der Waals surface area (Å²) in [6, 6.07) is 3.15. The first kappa shape index (κ1) is 14.7. The molecule has 0 saturated carbocycles. The molecule has 8 nitrogen and oxygen atoms in total. The summed E-state index contributed by atoms with van der Waals surface area (Å²) in [6.07, 6.45) is 0. The first-order valence-electron chi connectivity index (χ1n) is 5.10. The number of aryl methyl sites for hydroxylation is 1. The number of hydrogen-bond donors (Lipinski definition) is 3. The lowest BCUT2D eigenvalue weighted by atomic mass is 10.2. The highest BCUT2D eigenvalue weighted by atomic mass is 32.2. The largest absolute Gasteiger partial charge is 0.504 e. The van der Waals surface area contributed by atoms with Crippen molar-refractivity contribution >= 4 is 31.1 Å². The van der Waals surface area contributed by atoms with Crippen LogP contribution in [-0.4, -0.2) is 36.0 Å². The van der Waals surface area contributed by atoms with Crippen LogP contribution in [-0.2, 0) is 20.2 Å². The molecule has 0 spiro atoms. The van der Waals surface area contributed by atoms with E-state index in [1.54, 1.807) is 0 Å². The zero-order chi connectivity index (χ0) is 15.3. The summed E-state index contributed by atoms with van der Waals surface area (Å²) in [5, 5.41) is 9.66. The fraction of sp³-hybridized carbons (Fsp3) is 0.100. The summed E-state index contributed by atoms with van der Waals surface area (Å²) in [6.45, 7) is 1.53. The second-order valence-electron chi connectivity index (χ2n) is 4.02. The SMILES string of the molecule is Cc1ccc2c(S(=O)(=O)O)cc(S(=O)(=O)O)c(O)c2n1. The molecule has 2 rings (SSSR count). The number of aromatic nitrogens is 1. The van der Waals surface area contributed by atoms with Crippen LogP contribution in [0.1, 0.15) is 5.69 Å². The van der Waals surface area contributed by atoms with E-state index in [1.165, 1.54) is 19.1 Å². The van der Waals surface area contributed by atoms with E-state index in [-0.39, 0.29) is 10.9 Å². The molecule has 20 heavy (non-hydrogen) atoms. The molecule has 0 unspecified atom stereocenters. The molecule has 0 radical (unpaired) electrons. The number of aromatic hydroxyl groups is 1. The van der Waals surface area contributed by atoms with Gasteiger partial charge >= 0.3 is 0 Å². The minimum Gasteiger partial charge on any atom is -0.504 e. The van der Waals surface area contributed by atoms with Crippen molar-refractivity contribution in [3.63, 3.8) is 0 Å². The molecular weight excluding hydrogens is 310 g/mol. The van der Waals surface area contributed by atoms with Crippen LogP contribution in [0, 0.1) is 6.92 Å². The summed E-state index contributed by atoms with van der Waals surface area (Å²) in [7, 11) is -9.65. The van der Waals surface area contributed by atoms with Crippen LogP contribution < -0.4 is 0 Å². The predicted octanol–water partition coefficient (Wildman–Crippen LogP) is 0.742. The van der Waals surface area contributed by atoms with Crippen LogP contribution in [0.3, 0.4) is 0 Å². The Hall–Kier alpha value is -1.75. The molecule has 0 fully saturated rings. The quantitative estimate of drug-likeness (QED) is 0.688. The lowest BCUT2D eigenvalue weighted by Crippen LogP contribution is -2.05. The van der Waals surface area contributed by atoms with E-state index in [0.29, 0.717) is 11.8 Å². The van der Waals surface area contributed by atoms with Gasteiger partial charge in [0.1, 0.15) is 15.3 Å². The fourth-order valence-electron chi connectivity index (χ4n) is 1.73. The van der Waals surface area contributed by atoms with Gasteiger partial charge in [-0.2, -0.15) is 16.8 Å². The van der Waals surface area contributed by atoms with Gasteiger partial charge in [0.2, 0.25) is 0 Å². The molecule has 0 bridgehead atoms. The zero-order valence-electron chi connectivity index (χ0n) is 9.97. The Morgan fingerprint density at radius 3 is 2.05 bits per heavy atom. The molecule has 108 valence electrons. The highest BCUT2D eigenvalue weighted by Gasteiger charge is 2.25. The molecule has 2 aromatic rings. The normalized spacial score (nSPS) is 12.8. The van der Waals surface area contributed by atoms with Gasteiger partial charge in [-0.1, -0.05) is 0 Å². The van der Waals surface area contributed by atoms with Gasteiger partial charge in [-0.05, 0) is 25.1 Å². The van der Waals surface area contributed by atoms with Gasteiger partial charge < -0.3 is 5.11 Å². The predicted molar refractivity (Wildman–Crippen MR) is 67.8 cm³/mol. The van der Waals surface area contributed by atoms with E-state index in [4.69, 9.17) is 9.11 Å². The Bertz CT molecular complexity index is 916. The summed E-state index contributed by atoms with van der Waals surface area (Å²) in [4.78, 5) is 2.00. The average Bonchev–Trinajstić information content (AvgIpc) is 2.26. The Balaban J connectivity index is 3.12. The number of phenolic OH excluding ortho intramolecular Hbond substituents is 1. The third-order valence-corrected chi connectivity index (χ3v) is 4.34. The standard InChI is InChI=1S/C10H9NO7S2/c1-5-2-3-6-7(19(13,14)15)4-8(20(16,17)18)10(12)9(6)11-5/h2-4,12H,1H3,(H,13,14,15)(H,16,17,18). The van der Waals surface area contributed by atoms with Gasteiger partial charge in [0.15, 0.2) is 5.75 Å². The molecule has 10 heteroatoms. The zero-order valence-corrected chi connectivity index (χ0v) is 11.6. The summed E-state index contributed by atoms with van der Waals surface area (Å²) < 4.78 is 63.0. The summed E-state index contributed by atoms with van der Waals surface area (Å²) >= 11 is 0. The van der Waals surface area contributed by atoms with Crippen molar-refractivity contribution < 1.29 is 31.0 Å². The van der Waals surface area contributed by atoms with E-state index in [9.17, 15) is 21.9 Å². The first-order chi connectivity index (χ1) is 9.01. The fourth-order valence-corrected chi connectivity index (χ4v) is 3.12. The molecule has 0 aliphatic heterocycles. The van der Waals surface area contributed by atoms with E-state index >= 15 is 0 Å². The molecule has 1 aromatic carbocycles. The minimum atomic E-state index is -4.89. The second-order valence-corrected chi connectivity index (χ2v) is 6.80. The Labute approximate surface area is 114 Å². The van der Waals surface area contributed by atoms with Crippen LogP contribution in [0.25, 0.3) is 10.9 Å². The maximum absolute atomic E-state index is 11.3. The number of benzene rings is 1. The van der Waals surface area contributed by atoms with Crippen LogP contribution in [0.15, 0.2) is 28.0 Å². The lowest BCUT2D eigenvalue weighted by molar-refractivity contribution is 0.446. The molecule has 3 N–H and O–H groups in total. The molecule has 0 aliphatic carbocycles. The summed E-state index contributed by atoms with van der Waals surface area (Å²) in [5.74, 6) is -0.890. The van der Waals surface area contributed by atoms with Crippen LogP contribution in [0.2, 0.25) is 0 Å². The molecule has 1 heterocycles. The van der Waals surface area contributed by atoms with E-state index in [0.717, 1.165) is 0 Å². The number of pyridine rings is 1. The van der Waals surface area contributed by atoms with E-state index < -0.39 is 35.8 Å². The van der Waals surface area contributed by atoms with E-state index in [2.05, 4.69) is 4.98 Å². The Kier molecular flexibility index (Phi) is 3.21. The highest BCUT2D eigenvalue weighted by molar-refractivity contribution is 7.86. The van der Waals surface area contributed by atoms with Crippen molar-refractivity contribution in [1.82, 2.24) is 4.98 Å². The Morgan fingerprint density at radius 1 is 1.00 bits per heavy atom. The van der Waals surface area contributed by atoms with Crippen molar-refractivity contribution in [2.75, 3.05) is 0 Å². The lowest BCUT2D eigenvalue weighted by Gasteiger charge is -2.09. The first-order valence-corrected chi connectivity index (χ1v) is 7.98. The van der Waals surface area contributed by atoms with Gasteiger partial charge in [-0.3, -0.25) is 9.11 Å². The van der Waals surface area contributed by atoms with Crippen molar-refractivity contribution in [2.45, 2.75) is 16.7 Å². The van der Waals surface area contributed by atoms with E-state index in [1.807, 2.05) is 0 Å². The van der Waals surface area contributed by atoms with Gasteiger partial charge in [0, 0.05) is 11.1 Å². The topological polar surface area (TPSA) is 142 Å². The monoisotopic (exact) mass is 319 g/mol. The summed E-state index contributed by atoms with van der Waals surface area (Å²) in [5.41, 5.74) is 0.0225. The maximum atomic E-state index is 11.3. The van der Waals surface area contributed by atoms with Crippen molar-refractivity contribution in [2.24, 2.45) is 0 Å². The smallest absolute Gasteiger partial charge is 0.298 e. The number of hydrogen-bond acceptors (Lipinski definition) is 6. The number of nitrogens with zero attached hydrogens (tertiary/aromatic N) is 1. The molecule has 0 amide bonds. The number of fused-ring (bicyclic) bond motifs is 1. The Morgan fingerprint density at radius 2 is 1.55 bits per heavy atom. The van der Waals surface area contributed by atoms with Crippen LogP contribution in [0.4, 0.5) is 0 Å².